The summed E-state index contributed by atoms with van der Waals surface area (Å²) in [6.07, 6.45) is 2.70. The fraction of sp³-hybridized carbons (Fsp3) is 0.400. The van der Waals surface area contributed by atoms with Crippen LogP contribution in [0.4, 0.5) is 4.39 Å². The van der Waals surface area contributed by atoms with Crippen LogP contribution in [-0.2, 0) is 6.42 Å². The number of rotatable bonds is 0. The first kappa shape index (κ1) is 8.97. The SMILES string of the molecule is N[C@H]1CCCc2c(Cl)ccc(F)c21. The molecule has 1 aliphatic carbocycles. The molecule has 0 saturated carbocycles. The molecule has 1 aliphatic rings. The van der Waals surface area contributed by atoms with Gasteiger partial charge in [-0.3, -0.25) is 0 Å². The predicted molar refractivity (Wildman–Crippen MR) is 51.3 cm³/mol. The van der Waals surface area contributed by atoms with E-state index in [4.69, 9.17) is 17.3 Å². The maximum Gasteiger partial charge on any atom is 0.128 e. The van der Waals surface area contributed by atoms with Crippen molar-refractivity contribution in [2.45, 2.75) is 25.3 Å². The molecule has 0 spiro atoms. The zero-order chi connectivity index (χ0) is 9.42. The molecule has 2 N–H and O–H groups in total. The van der Waals surface area contributed by atoms with Gasteiger partial charge in [0.2, 0.25) is 0 Å². The third-order valence-corrected chi connectivity index (χ3v) is 2.91. The Morgan fingerprint density at radius 2 is 2.23 bits per heavy atom. The average Bonchev–Trinajstić information content (AvgIpc) is 2.12. The van der Waals surface area contributed by atoms with Crippen molar-refractivity contribution in [3.8, 4) is 0 Å². The van der Waals surface area contributed by atoms with Crippen LogP contribution in [0.15, 0.2) is 12.1 Å². The standard InChI is InChI=1S/C10H11ClFN/c11-7-4-5-8(12)10-6(7)2-1-3-9(10)13/h4-5,9H,1-3,13H2/t9-/m0/s1. The number of halogens is 2. The van der Waals surface area contributed by atoms with E-state index in [1.165, 1.54) is 6.07 Å². The molecule has 70 valence electrons. The molecule has 3 heteroatoms. The molecule has 0 radical (unpaired) electrons. The molecule has 1 atom stereocenters. The fourth-order valence-electron chi connectivity index (χ4n) is 1.91. The van der Waals surface area contributed by atoms with Gasteiger partial charge in [0.05, 0.1) is 0 Å². The monoisotopic (exact) mass is 199 g/mol. The molecular weight excluding hydrogens is 189 g/mol. The van der Waals surface area contributed by atoms with Gasteiger partial charge in [0.1, 0.15) is 5.82 Å². The van der Waals surface area contributed by atoms with Gasteiger partial charge in [-0.25, -0.2) is 4.39 Å². The van der Waals surface area contributed by atoms with Gasteiger partial charge in [-0.2, -0.15) is 0 Å². The van der Waals surface area contributed by atoms with E-state index < -0.39 is 0 Å². The molecule has 1 nitrogen and oxygen atoms in total. The molecule has 0 heterocycles. The summed E-state index contributed by atoms with van der Waals surface area (Å²) in [6.45, 7) is 0. The van der Waals surface area contributed by atoms with Gasteiger partial charge in [-0.15, -0.1) is 0 Å². The van der Waals surface area contributed by atoms with Crippen LogP contribution in [0.5, 0.6) is 0 Å². The van der Waals surface area contributed by atoms with Crippen molar-refractivity contribution in [1.82, 2.24) is 0 Å². The smallest absolute Gasteiger partial charge is 0.128 e. The number of fused-ring (bicyclic) bond motifs is 1. The first-order valence-corrected chi connectivity index (χ1v) is 4.80. The Hall–Kier alpha value is -0.600. The largest absolute Gasteiger partial charge is 0.324 e. The summed E-state index contributed by atoms with van der Waals surface area (Å²) in [6, 6.07) is 2.82. The van der Waals surface area contributed by atoms with Crippen molar-refractivity contribution >= 4 is 11.6 Å². The van der Waals surface area contributed by atoms with Gasteiger partial charge in [-0.05, 0) is 37.0 Å². The molecule has 13 heavy (non-hydrogen) atoms. The van der Waals surface area contributed by atoms with E-state index >= 15 is 0 Å². The molecule has 2 rings (SSSR count). The predicted octanol–water partition coefficient (Wildman–Crippen LogP) is 2.82. The zero-order valence-corrected chi connectivity index (χ0v) is 7.94. The summed E-state index contributed by atoms with van der Waals surface area (Å²) in [4.78, 5) is 0. The lowest BCUT2D eigenvalue weighted by Gasteiger charge is -2.23. The van der Waals surface area contributed by atoms with E-state index in [9.17, 15) is 4.39 Å². The summed E-state index contributed by atoms with van der Waals surface area (Å²) in [5, 5.41) is 0.645. The molecule has 0 saturated heterocycles. The highest BCUT2D eigenvalue weighted by Gasteiger charge is 2.22. The van der Waals surface area contributed by atoms with E-state index in [0.29, 0.717) is 10.6 Å². The third kappa shape index (κ3) is 1.45. The number of hydrogen-bond donors (Lipinski definition) is 1. The van der Waals surface area contributed by atoms with Gasteiger partial charge < -0.3 is 5.73 Å². The maximum atomic E-state index is 13.4. The van der Waals surface area contributed by atoms with E-state index in [-0.39, 0.29) is 11.9 Å². The highest BCUT2D eigenvalue weighted by molar-refractivity contribution is 6.31. The molecule has 0 aromatic heterocycles. The molecule has 1 aromatic carbocycles. The van der Waals surface area contributed by atoms with Crippen LogP contribution < -0.4 is 5.73 Å². The highest BCUT2D eigenvalue weighted by Crippen LogP contribution is 2.34. The minimum Gasteiger partial charge on any atom is -0.324 e. The Kier molecular flexibility index (Phi) is 2.26. The van der Waals surface area contributed by atoms with E-state index in [1.54, 1.807) is 6.07 Å². The van der Waals surface area contributed by atoms with Crippen LogP contribution in [0.1, 0.15) is 30.0 Å². The highest BCUT2D eigenvalue weighted by atomic mass is 35.5. The van der Waals surface area contributed by atoms with Gasteiger partial charge in [0.15, 0.2) is 0 Å². The molecule has 0 amide bonds. The van der Waals surface area contributed by atoms with Crippen LogP contribution in [0.2, 0.25) is 5.02 Å². The first-order chi connectivity index (χ1) is 6.20. The van der Waals surface area contributed by atoms with E-state index in [2.05, 4.69) is 0 Å². The first-order valence-electron chi connectivity index (χ1n) is 4.42. The Labute approximate surface area is 81.7 Å². The molecule has 0 bridgehead atoms. The Balaban J connectivity index is 2.60. The quantitative estimate of drug-likeness (QED) is 0.683. The molecular formula is C10H11ClFN. The van der Waals surface area contributed by atoms with Gasteiger partial charge in [0.25, 0.3) is 0 Å². The lowest BCUT2D eigenvalue weighted by molar-refractivity contribution is 0.518. The third-order valence-electron chi connectivity index (χ3n) is 2.56. The normalized spacial score (nSPS) is 21.3. The molecule has 0 fully saturated rings. The summed E-state index contributed by atoms with van der Waals surface area (Å²) in [7, 11) is 0. The van der Waals surface area contributed by atoms with Gasteiger partial charge in [-0.1, -0.05) is 11.6 Å². The van der Waals surface area contributed by atoms with Crippen molar-refractivity contribution in [3.05, 3.63) is 34.1 Å². The second-order valence-electron chi connectivity index (χ2n) is 3.42. The van der Waals surface area contributed by atoms with Crippen LogP contribution in [-0.4, -0.2) is 0 Å². The zero-order valence-electron chi connectivity index (χ0n) is 7.19. The second kappa shape index (κ2) is 3.28. The van der Waals surface area contributed by atoms with E-state index in [1.807, 2.05) is 0 Å². The summed E-state index contributed by atoms with van der Waals surface area (Å²) < 4.78 is 13.4. The summed E-state index contributed by atoms with van der Waals surface area (Å²) in [5.41, 5.74) is 7.34. The number of nitrogens with two attached hydrogens (primary N) is 1. The fourth-order valence-corrected chi connectivity index (χ4v) is 2.17. The topological polar surface area (TPSA) is 26.0 Å². The van der Waals surface area contributed by atoms with Crippen LogP contribution in [0.25, 0.3) is 0 Å². The summed E-state index contributed by atoms with van der Waals surface area (Å²) in [5.74, 6) is -0.216. The molecule has 0 aliphatic heterocycles. The van der Waals surface area contributed by atoms with Crippen LogP contribution in [0.3, 0.4) is 0 Å². The van der Waals surface area contributed by atoms with Crippen molar-refractivity contribution in [2.24, 2.45) is 5.73 Å². The average molecular weight is 200 g/mol. The second-order valence-corrected chi connectivity index (χ2v) is 3.83. The Morgan fingerprint density at radius 3 is 2.92 bits per heavy atom. The van der Waals surface area contributed by atoms with Crippen molar-refractivity contribution in [2.75, 3.05) is 0 Å². The van der Waals surface area contributed by atoms with Crippen LogP contribution >= 0.6 is 11.6 Å². The Morgan fingerprint density at radius 1 is 1.46 bits per heavy atom. The van der Waals surface area contributed by atoms with Gasteiger partial charge in [0, 0.05) is 16.6 Å². The van der Waals surface area contributed by atoms with Crippen LogP contribution in [0, 0.1) is 5.82 Å². The summed E-state index contributed by atoms with van der Waals surface area (Å²) >= 11 is 5.96. The lowest BCUT2D eigenvalue weighted by Crippen LogP contribution is -2.19. The van der Waals surface area contributed by atoms with E-state index in [0.717, 1.165) is 24.8 Å². The molecule has 1 aromatic rings. The maximum absolute atomic E-state index is 13.4. The van der Waals surface area contributed by atoms with Crippen molar-refractivity contribution in [3.63, 3.8) is 0 Å². The lowest BCUT2D eigenvalue weighted by atomic mass is 9.88. The molecule has 0 unspecified atom stereocenters. The van der Waals surface area contributed by atoms with Crippen molar-refractivity contribution in [1.29, 1.82) is 0 Å². The van der Waals surface area contributed by atoms with Gasteiger partial charge >= 0.3 is 0 Å². The minimum absolute atomic E-state index is 0.178. The Bertz CT molecular complexity index is 338. The number of benzene rings is 1. The number of hydrogen-bond acceptors (Lipinski definition) is 1. The minimum atomic E-state index is -0.216. The van der Waals surface area contributed by atoms with Crippen molar-refractivity contribution < 1.29 is 4.39 Å².